The molecule has 0 N–H and O–H groups in total. The summed E-state index contributed by atoms with van der Waals surface area (Å²) >= 11 is 5.63. The molecule has 3 heteroatoms. The average Bonchev–Trinajstić information content (AvgIpc) is 1.95. The van der Waals surface area contributed by atoms with E-state index in [-0.39, 0.29) is 17.0 Å². The number of alkyl halides is 1. The maximum Gasteiger partial charge on any atom is 0.306 e. The van der Waals surface area contributed by atoms with Gasteiger partial charge in [-0.2, -0.15) is 0 Å². The molecule has 15 heavy (non-hydrogen) atoms. The van der Waals surface area contributed by atoms with Crippen LogP contribution in [-0.4, -0.2) is 17.5 Å². The Labute approximate surface area is 98.3 Å². The quantitative estimate of drug-likeness (QED) is 0.535. The number of rotatable bonds is 5. The number of hydrogen-bond acceptors (Lipinski definition) is 2. The van der Waals surface area contributed by atoms with E-state index in [0.717, 1.165) is 12.8 Å². The molecule has 0 rings (SSSR count). The van der Waals surface area contributed by atoms with Crippen molar-refractivity contribution in [1.29, 1.82) is 0 Å². The highest BCUT2D eigenvalue weighted by Gasteiger charge is 2.25. The van der Waals surface area contributed by atoms with Crippen molar-refractivity contribution < 1.29 is 9.53 Å². The Balaban J connectivity index is 4.04. The van der Waals surface area contributed by atoms with E-state index >= 15 is 0 Å². The van der Waals surface area contributed by atoms with Gasteiger partial charge in [0.05, 0.1) is 6.42 Å². The van der Waals surface area contributed by atoms with Crippen molar-refractivity contribution in [1.82, 2.24) is 0 Å². The molecule has 0 aliphatic carbocycles. The van der Waals surface area contributed by atoms with E-state index in [9.17, 15) is 4.79 Å². The van der Waals surface area contributed by atoms with Gasteiger partial charge in [-0.05, 0) is 39.0 Å². The summed E-state index contributed by atoms with van der Waals surface area (Å²) in [5, 5.41) is 0. The van der Waals surface area contributed by atoms with Gasteiger partial charge in [0.2, 0.25) is 0 Å². The highest BCUT2D eigenvalue weighted by molar-refractivity contribution is 6.17. The normalized spacial score (nSPS) is 12.7. The van der Waals surface area contributed by atoms with Crippen molar-refractivity contribution in [3.63, 3.8) is 0 Å². The van der Waals surface area contributed by atoms with Crippen LogP contribution in [0.5, 0.6) is 0 Å². The smallest absolute Gasteiger partial charge is 0.306 e. The van der Waals surface area contributed by atoms with Crippen LogP contribution in [0.2, 0.25) is 0 Å². The molecule has 0 heterocycles. The van der Waals surface area contributed by atoms with Crippen molar-refractivity contribution in [3.05, 3.63) is 0 Å². The molecule has 0 fully saturated rings. The Morgan fingerprint density at radius 2 is 1.73 bits per heavy atom. The van der Waals surface area contributed by atoms with E-state index in [0.29, 0.717) is 12.3 Å². The standard InChI is InChI=1S/C12H23ClO2/c1-11(2,3)15-10(14)9-12(4,5)7-6-8-13/h6-9H2,1-5H3. The lowest BCUT2D eigenvalue weighted by atomic mass is 9.84. The molecule has 0 amide bonds. The molecular weight excluding hydrogens is 212 g/mol. The third-order valence-electron chi connectivity index (χ3n) is 2.03. The fourth-order valence-corrected chi connectivity index (χ4v) is 1.54. The van der Waals surface area contributed by atoms with Crippen LogP contribution in [0.4, 0.5) is 0 Å². The number of carbonyl (C=O) groups excluding carboxylic acids is 1. The average molecular weight is 235 g/mol. The van der Waals surface area contributed by atoms with E-state index in [4.69, 9.17) is 16.3 Å². The topological polar surface area (TPSA) is 26.3 Å². The van der Waals surface area contributed by atoms with E-state index < -0.39 is 0 Å². The molecule has 0 aromatic heterocycles. The first-order chi connectivity index (χ1) is 6.66. The van der Waals surface area contributed by atoms with Crippen LogP contribution in [0.3, 0.4) is 0 Å². The third kappa shape index (κ3) is 8.73. The van der Waals surface area contributed by atoms with Crippen LogP contribution in [-0.2, 0) is 9.53 Å². The van der Waals surface area contributed by atoms with Gasteiger partial charge in [-0.25, -0.2) is 0 Å². The lowest BCUT2D eigenvalue weighted by molar-refractivity contribution is -0.157. The zero-order valence-electron chi connectivity index (χ0n) is 10.5. The lowest BCUT2D eigenvalue weighted by Crippen LogP contribution is -2.27. The van der Waals surface area contributed by atoms with Gasteiger partial charge < -0.3 is 4.74 Å². The molecule has 90 valence electrons. The summed E-state index contributed by atoms with van der Waals surface area (Å²) in [7, 11) is 0. The zero-order chi connectivity index (χ0) is 12.1. The Morgan fingerprint density at radius 3 is 2.13 bits per heavy atom. The first-order valence-electron chi connectivity index (χ1n) is 5.44. The molecule has 0 spiro atoms. The molecule has 0 radical (unpaired) electrons. The maximum atomic E-state index is 11.6. The highest BCUT2D eigenvalue weighted by Crippen LogP contribution is 2.28. The predicted octanol–water partition coefficient (Wildman–Crippen LogP) is 3.76. The second-order valence-corrected chi connectivity index (χ2v) is 6.10. The molecule has 0 aliphatic heterocycles. The van der Waals surface area contributed by atoms with Crippen molar-refractivity contribution in [3.8, 4) is 0 Å². The van der Waals surface area contributed by atoms with Gasteiger partial charge >= 0.3 is 5.97 Å². The minimum absolute atomic E-state index is 0.0166. The van der Waals surface area contributed by atoms with E-state index in [2.05, 4.69) is 13.8 Å². The number of esters is 1. The summed E-state index contributed by atoms with van der Waals surface area (Å²) in [6.45, 7) is 9.80. The Morgan fingerprint density at radius 1 is 1.20 bits per heavy atom. The molecule has 0 bridgehead atoms. The van der Waals surface area contributed by atoms with Gasteiger partial charge in [0.1, 0.15) is 5.60 Å². The number of carbonyl (C=O) groups is 1. The molecule has 0 aromatic carbocycles. The van der Waals surface area contributed by atoms with Gasteiger partial charge in [-0.1, -0.05) is 13.8 Å². The third-order valence-corrected chi connectivity index (χ3v) is 2.30. The first kappa shape index (κ1) is 14.8. The van der Waals surface area contributed by atoms with Crippen molar-refractivity contribution >= 4 is 17.6 Å². The Hall–Kier alpha value is -0.240. The Kier molecular flexibility index (Phi) is 5.65. The molecule has 0 saturated carbocycles. The number of halogens is 1. The van der Waals surface area contributed by atoms with Gasteiger partial charge in [0.25, 0.3) is 0 Å². The maximum absolute atomic E-state index is 11.6. The van der Waals surface area contributed by atoms with Crippen LogP contribution < -0.4 is 0 Å². The molecular formula is C12H23ClO2. The first-order valence-corrected chi connectivity index (χ1v) is 5.97. The van der Waals surface area contributed by atoms with E-state index in [1.54, 1.807) is 0 Å². The second-order valence-electron chi connectivity index (χ2n) is 5.72. The van der Waals surface area contributed by atoms with Crippen LogP contribution in [0, 0.1) is 5.41 Å². The highest BCUT2D eigenvalue weighted by atomic mass is 35.5. The number of hydrogen-bond donors (Lipinski definition) is 0. The molecule has 0 unspecified atom stereocenters. The van der Waals surface area contributed by atoms with Gasteiger partial charge in [0.15, 0.2) is 0 Å². The van der Waals surface area contributed by atoms with Crippen molar-refractivity contribution in [2.75, 3.05) is 5.88 Å². The Bertz CT molecular complexity index is 204. The van der Waals surface area contributed by atoms with Gasteiger partial charge in [0, 0.05) is 5.88 Å². The summed E-state index contributed by atoms with van der Waals surface area (Å²) in [6.07, 6.45) is 2.36. The van der Waals surface area contributed by atoms with Crippen LogP contribution >= 0.6 is 11.6 Å². The molecule has 0 atom stereocenters. The van der Waals surface area contributed by atoms with Crippen molar-refractivity contribution in [2.24, 2.45) is 5.41 Å². The monoisotopic (exact) mass is 234 g/mol. The second kappa shape index (κ2) is 5.74. The summed E-state index contributed by atoms with van der Waals surface area (Å²) in [6, 6.07) is 0. The molecule has 0 aromatic rings. The summed E-state index contributed by atoms with van der Waals surface area (Å²) in [4.78, 5) is 11.6. The minimum atomic E-state index is -0.389. The van der Waals surface area contributed by atoms with Crippen LogP contribution in [0.25, 0.3) is 0 Å². The van der Waals surface area contributed by atoms with Crippen LogP contribution in [0.1, 0.15) is 53.9 Å². The predicted molar refractivity (Wildman–Crippen MR) is 64.2 cm³/mol. The summed E-state index contributed by atoms with van der Waals surface area (Å²) < 4.78 is 5.28. The SMILES string of the molecule is CC(C)(CCCCl)CC(=O)OC(C)(C)C. The fourth-order valence-electron chi connectivity index (χ4n) is 1.40. The lowest BCUT2D eigenvalue weighted by Gasteiger charge is -2.26. The summed E-state index contributed by atoms with van der Waals surface area (Å²) in [5.74, 6) is 0.527. The minimum Gasteiger partial charge on any atom is -0.460 e. The van der Waals surface area contributed by atoms with Crippen LogP contribution in [0.15, 0.2) is 0 Å². The number of ether oxygens (including phenoxy) is 1. The largest absolute Gasteiger partial charge is 0.460 e. The fraction of sp³-hybridized carbons (Fsp3) is 0.917. The van der Waals surface area contributed by atoms with E-state index in [1.165, 1.54) is 0 Å². The van der Waals surface area contributed by atoms with Crippen molar-refractivity contribution in [2.45, 2.75) is 59.5 Å². The summed E-state index contributed by atoms with van der Waals surface area (Å²) in [5.41, 5.74) is -0.406. The molecule has 0 saturated heterocycles. The van der Waals surface area contributed by atoms with Gasteiger partial charge in [-0.3, -0.25) is 4.79 Å². The van der Waals surface area contributed by atoms with Gasteiger partial charge in [-0.15, -0.1) is 11.6 Å². The molecule has 2 nitrogen and oxygen atoms in total. The zero-order valence-corrected chi connectivity index (χ0v) is 11.3. The molecule has 0 aliphatic rings. The van der Waals surface area contributed by atoms with E-state index in [1.807, 2.05) is 20.8 Å².